The highest BCUT2D eigenvalue weighted by Gasteiger charge is 2.43. The summed E-state index contributed by atoms with van der Waals surface area (Å²) in [6.07, 6.45) is -0.786. The summed E-state index contributed by atoms with van der Waals surface area (Å²) in [5.74, 6) is -2.40. The van der Waals surface area contributed by atoms with Crippen LogP contribution in [0.5, 0.6) is 0 Å². The lowest BCUT2D eigenvalue weighted by Gasteiger charge is -2.29. The van der Waals surface area contributed by atoms with Gasteiger partial charge in [-0.05, 0) is 41.0 Å². The smallest absolute Gasteiger partial charge is 0.417 e. The van der Waals surface area contributed by atoms with Crippen LogP contribution in [0.15, 0.2) is 78.9 Å². The van der Waals surface area contributed by atoms with Gasteiger partial charge in [0, 0.05) is 5.92 Å². The number of hydrogen-bond donors (Lipinski definition) is 1. The van der Waals surface area contributed by atoms with Gasteiger partial charge in [-0.15, -0.1) is 0 Å². The maximum atomic E-state index is 13.9. The number of ether oxygens (including phenoxy) is 1. The fourth-order valence-corrected chi connectivity index (χ4v) is 3.87. The molecule has 1 aliphatic rings. The molecule has 0 aromatic heterocycles. The first-order valence-electron chi connectivity index (χ1n) is 9.77. The van der Waals surface area contributed by atoms with Gasteiger partial charge in [0.15, 0.2) is 0 Å². The van der Waals surface area contributed by atoms with E-state index in [0.29, 0.717) is 11.1 Å². The second kappa shape index (κ2) is 8.65. The standard InChI is InChI=1S/C24H20F2N2O3/c25-18-11-9-16(10-12-18)21(17-7-4-8-19(26)13-17)22(27)23(29)28-20(14-31-24(28)30)15-5-2-1-3-6-15/h1-13,20-22H,14,27H2/t20-,21-,22+/m1/s1. The van der Waals surface area contributed by atoms with Crippen LogP contribution in [0, 0.1) is 11.6 Å². The second-order valence-electron chi connectivity index (χ2n) is 7.32. The Balaban J connectivity index is 1.72. The Morgan fingerprint density at radius 2 is 1.65 bits per heavy atom. The van der Waals surface area contributed by atoms with Crippen LogP contribution in [0.4, 0.5) is 13.6 Å². The van der Waals surface area contributed by atoms with Crippen molar-refractivity contribution in [3.05, 3.63) is 107 Å². The van der Waals surface area contributed by atoms with E-state index in [2.05, 4.69) is 0 Å². The number of carbonyl (C=O) groups is 2. The number of benzene rings is 3. The minimum Gasteiger partial charge on any atom is -0.446 e. The number of halogens is 2. The van der Waals surface area contributed by atoms with Gasteiger partial charge in [-0.3, -0.25) is 4.79 Å². The summed E-state index contributed by atoms with van der Waals surface area (Å²) < 4.78 is 32.6. The summed E-state index contributed by atoms with van der Waals surface area (Å²) in [6, 6.07) is 18.4. The van der Waals surface area contributed by atoms with Crippen molar-refractivity contribution in [1.29, 1.82) is 0 Å². The van der Waals surface area contributed by atoms with Crippen LogP contribution < -0.4 is 5.73 Å². The van der Waals surface area contributed by atoms with Gasteiger partial charge in [-0.1, -0.05) is 54.6 Å². The topological polar surface area (TPSA) is 72.6 Å². The van der Waals surface area contributed by atoms with E-state index in [1.54, 1.807) is 30.3 Å². The molecular formula is C24H20F2N2O3. The number of amides is 2. The normalized spacial score (nSPS) is 17.8. The van der Waals surface area contributed by atoms with Crippen molar-refractivity contribution in [3.63, 3.8) is 0 Å². The van der Waals surface area contributed by atoms with Gasteiger partial charge in [0.1, 0.15) is 24.3 Å². The van der Waals surface area contributed by atoms with E-state index in [4.69, 9.17) is 10.5 Å². The first-order chi connectivity index (χ1) is 15.0. The van der Waals surface area contributed by atoms with Crippen molar-refractivity contribution in [2.24, 2.45) is 5.73 Å². The molecule has 4 rings (SSSR count). The fourth-order valence-electron chi connectivity index (χ4n) is 3.87. The predicted molar refractivity (Wildman–Crippen MR) is 110 cm³/mol. The summed E-state index contributed by atoms with van der Waals surface area (Å²) in [5.41, 5.74) is 8.08. The van der Waals surface area contributed by atoms with E-state index >= 15 is 0 Å². The minimum absolute atomic E-state index is 0.0164. The van der Waals surface area contributed by atoms with Gasteiger partial charge >= 0.3 is 6.09 Å². The Morgan fingerprint density at radius 3 is 2.32 bits per heavy atom. The monoisotopic (exact) mass is 422 g/mol. The third-order valence-corrected chi connectivity index (χ3v) is 5.38. The lowest BCUT2D eigenvalue weighted by Crippen LogP contribution is -2.48. The Kier molecular flexibility index (Phi) is 5.77. The molecule has 0 radical (unpaired) electrons. The van der Waals surface area contributed by atoms with Gasteiger partial charge in [0.25, 0.3) is 5.91 Å². The molecule has 2 amide bonds. The highest BCUT2D eigenvalue weighted by atomic mass is 19.1. The Bertz CT molecular complexity index is 1090. The van der Waals surface area contributed by atoms with Crippen LogP contribution in [0.3, 0.4) is 0 Å². The molecule has 3 aromatic carbocycles. The van der Waals surface area contributed by atoms with Crippen molar-refractivity contribution in [3.8, 4) is 0 Å². The first kappa shape index (κ1) is 20.7. The van der Waals surface area contributed by atoms with E-state index in [1.807, 2.05) is 6.07 Å². The van der Waals surface area contributed by atoms with Crippen LogP contribution in [0.25, 0.3) is 0 Å². The zero-order valence-electron chi connectivity index (χ0n) is 16.4. The molecule has 0 saturated carbocycles. The molecule has 1 fully saturated rings. The number of hydrogen-bond acceptors (Lipinski definition) is 4. The van der Waals surface area contributed by atoms with E-state index < -0.39 is 41.6 Å². The minimum atomic E-state index is -1.23. The number of carbonyl (C=O) groups excluding carboxylic acids is 2. The fraction of sp³-hybridized carbons (Fsp3) is 0.167. The molecular weight excluding hydrogens is 402 g/mol. The zero-order chi connectivity index (χ0) is 22.0. The summed E-state index contributed by atoms with van der Waals surface area (Å²) in [6.45, 7) is 0.0164. The van der Waals surface area contributed by atoms with Crippen molar-refractivity contribution in [2.75, 3.05) is 6.61 Å². The van der Waals surface area contributed by atoms with Crippen LogP contribution in [0.1, 0.15) is 28.7 Å². The quantitative estimate of drug-likeness (QED) is 0.671. The van der Waals surface area contributed by atoms with Gasteiger partial charge in [0.2, 0.25) is 0 Å². The van der Waals surface area contributed by atoms with Crippen molar-refractivity contribution in [1.82, 2.24) is 4.90 Å². The molecule has 2 N–H and O–H groups in total. The van der Waals surface area contributed by atoms with Gasteiger partial charge in [-0.2, -0.15) is 0 Å². The van der Waals surface area contributed by atoms with Crippen LogP contribution >= 0.6 is 0 Å². The molecule has 3 aromatic rings. The Hall–Kier alpha value is -3.58. The predicted octanol–water partition coefficient (Wildman–Crippen LogP) is 4.14. The largest absolute Gasteiger partial charge is 0.446 e. The molecule has 3 atom stereocenters. The van der Waals surface area contributed by atoms with E-state index in [9.17, 15) is 18.4 Å². The summed E-state index contributed by atoms with van der Waals surface area (Å²) >= 11 is 0. The Labute approximate surface area is 178 Å². The summed E-state index contributed by atoms with van der Waals surface area (Å²) in [7, 11) is 0. The number of rotatable bonds is 5. The van der Waals surface area contributed by atoms with Crippen LogP contribution in [0.2, 0.25) is 0 Å². The maximum absolute atomic E-state index is 13.9. The number of nitrogens with zero attached hydrogens (tertiary/aromatic N) is 1. The third-order valence-electron chi connectivity index (χ3n) is 5.38. The first-order valence-corrected chi connectivity index (χ1v) is 9.77. The second-order valence-corrected chi connectivity index (χ2v) is 7.32. The zero-order valence-corrected chi connectivity index (χ0v) is 16.4. The summed E-state index contributed by atoms with van der Waals surface area (Å²) in [5, 5.41) is 0. The lowest BCUT2D eigenvalue weighted by atomic mass is 9.84. The van der Waals surface area contributed by atoms with E-state index in [-0.39, 0.29) is 6.61 Å². The summed E-state index contributed by atoms with van der Waals surface area (Å²) in [4.78, 5) is 26.8. The molecule has 1 heterocycles. The van der Waals surface area contributed by atoms with Crippen LogP contribution in [-0.4, -0.2) is 29.5 Å². The van der Waals surface area contributed by atoms with E-state index in [1.165, 1.54) is 42.5 Å². The van der Waals surface area contributed by atoms with Crippen molar-refractivity contribution in [2.45, 2.75) is 18.0 Å². The van der Waals surface area contributed by atoms with Crippen molar-refractivity contribution < 1.29 is 23.1 Å². The van der Waals surface area contributed by atoms with Crippen molar-refractivity contribution >= 4 is 12.0 Å². The highest BCUT2D eigenvalue weighted by Crippen LogP contribution is 2.33. The number of nitrogens with two attached hydrogens (primary N) is 1. The number of imide groups is 1. The SMILES string of the molecule is N[C@H](C(=O)N1C(=O)OC[C@@H]1c1ccccc1)[C@H](c1ccc(F)cc1)c1cccc(F)c1. The lowest BCUT2D eigenvalue weighted by molar-refractivity contribution is -0.131. The third kappa shape index (κ3) is 4.18. The highest BCUT2D eigenvalue weighted by molar-refractivity contribution is 5.97. The number of cyclic esters (lactones) is 1. The molecule has 0 unspecified atom stereocenters. The molecule has 0 aliphatic carbocycles. The average Bonchev–Trinajstić information content (AvgIpc) is 3.16. The molecule has 5 nitrogen and oxygen atoms in total. The van der Waals surface area contributed by atoms with E-state index in [0.717, 1.165) is 10.5 Å². The molecule has 31 heavy (non-hydrogen) atoms. The Morgan fingerprint density at radius 1 is 0.935 bits per heavy atom. The molecule has 0 spiro atoms. The van der Waals surface area contributed by atoms with Crippen LogP contribution in [-0.2, 0) is 9.53 Å². The van der Waals surface area contributed by atoms with Gasteiger partial charge < -0.3 is 10.5 Å². The molecule has 0 bridgehead atoms. The molecule has 1 saturated heterocycles. The molecule has 158 valence electrons. The average molecular weight is 422 g/mol. The van der Waals surface area contributed by atoms with Gasteiger partial charge in [-0.25, -0.2) is 18.5 Å². The van der Waals surface area contributed by atoms with Gasteiger partial charge in [0.05, 0.1) is 6.04 Å². The molecule has 1 aliphatic heterocycles. The molecule has 7 heteroatoms. The maximum Gasteiger partial charge on any atom is 0.417 e.